The van der Waals surface area contributed by atoms with E-state index in [1.807, 2.05) is 61.5 Å². The molecule has 2 aromatic carbocycles. The molecule has 0 fully saturated rings. The first-order valence-electron chi connectivity index (χ1n) is 6.75. The van der Waals surface area contributed by atoms with Crippen molar-refractivity contribution in [2.75, 3.05) is 5.32 Å². The molecule has 0 aromatic heterocycles. The van der Waals surface area contributed by atoms with Gasteiger partial charge in [-0.05, 0) is 37.5 Å². The second-order valence-electron chi connectivity index (χ2n) is 4.93. The van der Waals surface area contributed by atoms with E-state index < -0.39 is 12.0 Å². The van der Waals surface area contributed by atoms with Gasteiger partial charge in [-0.3, -0.25) is 0 Å². The molecule has 0 aliphatic heterocycles. The van der Waals surface area contributed by atoms with Crippen molar-refractivity contribution in [2.24, 2.45) is 0 Å². The zero-order valence-corrected chi connectivity index (χ0v) is 11.5. The van der Waals surface area contributed by atoms with Crippen LogP contribution < -0.4 is 5.32 Å². The largest absolute Gasteiger partial charge is 0.480 e. The molecule has 2 aromatic rings. The normalized spacial score (nSPS) is 11.8. The van der Waals surface area contributed by atoms with E-state index in [9.17, 15) is 9.90 Å². The number of aliphatic carboxylic acids is 1. The molecule has 20 heavy (non-hydrogen) atoms. The van der Waals surface area contributed by atoms with Crippen molar-refractivity contribution in [2.45, 2.75) is 25.8 Å². The summed E-state index contributed by atoms with van der Waals surface area (Å²) in [7, 11) is 0. The minimum absolute atomic E-state index is 0.563. The SMILES string of the molecule is Cc1ccc(NC(CCc2ccccc2)C(=O)O)cc1. The van der Waals surface area contributed by atoms with Crippen LogP contribution in [0.3, 0.4) is 0 Å². The van der Waals surface area contributed by atoms with Crippen LogP contribution in [0.4, 0.5) is 5.69 Å². The van der Waals surface area contributed by atoms with Gasteiger partial charge in [-0.15, -0.1) is 0 Å². The van der Waals surface area contributed by atoms with Crippen molar-refractivity contribution in [3.05, 3.63) is 65.7 Å². The number of anilines is 1. The van der Waals surface area contributed by atoms with E-state index in [-0.39, 0.29) is 0 Å². The van der Waals surface area contributed by atoms with E-state index in [0.717, 1.165) is 23.2 Å². The van der Waals surface area contributed by atoms with Gasteiger partial charge in [0, 0.05) is 5.69 Å². The minimum Gasteiger partial charge on any atom is -0.480 e. The Bertz CT molecular complexity index is 549. The van der Waals surface area contributed by atoms with Crippen LogP contribution in [-0.2, 0) is 11.2 Å². The Kier molecular flexibility index (Phi) is 4.77. The third kappa shape index (κ3) is 4.12. The lowest BCUT2D eigenvalue weighted by molar-refractivity contribution is -0.138. The number of hydrogen-bond acceptors (Lipinski definition) is 2. The summed E-state index contributed by atoms with van der Waals surface area (Å²) in [5, 5.41) is 12.4. The molecule has 3 nitrogen and oxygen atoms in total. The van der Waals surface area contributed by atoms with Crippen molar-refractivity contribution >= 4 is 11.7 Å². The maximum atomic E-state index is 11.3. The molecule has 2 rings (SSSR count). The Hall–Kier alpha value is -2.29. The van der Waals surface area contributed by atoms with Crippen molar-refractivity contribution < 1.29 is 9.90 Å². The lowest BCUT2D eigenvalue weighted by atomic mass is 10.0. The van der Waals surface area contributed by atoms with Gasteiger partial charge in [-0.2, -0.15) is 0 Å². The molecule has 0 aliphatic rings. The van der Waals surface area contributed by atoms with Crippen LogP contribution in [0, 0.1) is 6.92 Å². The molecule has 0 saturated carbocycles. The molecule has 1 unspecified atom stereocenters. The second-order valence-corrected chi connectivity index (χ2v) is 4.93. The van der Waals surface area contributed by atoms with E-state index in [1.54, 1.807) is 0 Å². The first-order chi connectivity index (χ1) is 9.65. The summed E-state index contributed by atoms with van der Waals surface area (Å²) in [6.45, 7) is 2.01. The topological polar surface area (TPSA) is 49.3 Å². The number of benzene rings is 2. The molecule has 0 amide bonds. The Morgan fingerprint density at radius 2 is 1.75 bits per heavy atom. The summed E-state index contributed by atoms with van der Waals surface area (Å²) in [6.07, 6.45) is 1.31. The van der Waals surface area contributed by atoms with E-state index in [0.29, 0.717) is 6.42 Å². The Labute approximate surface area is 119 Å². The number of hydrogen-bond donors (Lipinski definition) is 2. The molecule has 1 atom stereocenters. The third-order valence-corrected chi connectivity index (χ3v) is 3.26. The van der Waals surface area contributed by atoms with Crippen LogP contribution in [0.5, 0.6) is 0 Å². The summed E-state index contributed by atoms with van der Waals surface area (Å²) in [5.74, 6) is -0.818. The monoisotopic (exact) mass is 269 g/mol. The molecule has 0 heterocycles. The van der Waals surface area contributed by atoms with Gasteiger partial charge in [0.05, 0.1) is 0 Å². The molecule has 0 radical (unpaired) electrons. The molecule has 104 valence electrons. The van der Waals surface area contributed by atoms with Gasteiger partial charge in [0.1, 0.15) is 6.04 Å². The summed E-state index contributed by atoms with van der Waals surface area (Å²) in [5.41, 5.74) is 3.16. The predicted octanol–water partition coefficient (Wildman–Crippen LogP) is 3.49. The first-order valence-corrected chi connectivity index (χ1v) is 6.75. The smallest absolute Gasteiger partial charge is 0.326 e. The van der Waals surface area contributed by atoms with Crippen LogP contribution in [0.1, 0.15) is 17.5 Å². The first kappa shape index (κ1) is 14.1. The lowest BCUT2D eigenvalue weighted by Gasteiger charge is -2.16. The molecule has 0 bridgehead atoms. The van der Waals surface area contributed by atoms with Crippen molar-refractivity contribution in [1.29, 1.82) is 0 Å². The average molecular weight is 269 g/mol. The van der Waals surface area contributed by atoms with Gasteiger partial charge in [0.15, 0.2) is 0 Å². The molecule has 3 heteroatoms. The van der Waals surface area contributed by atoms with Gasteiger partial charge >= 0.3 is 5.97 Å². The number of nitrogens with one attached hydrogen (secondary N) is 1. The highest BCUT2D eigenvalue weighted by molar-refractivity contribution is 5.77. The van der Waals surface area contributed by atoms with Gasteiger partial charge in [0.25, 0.3) is 0 Å². The Morgan fingerprint density at radius 1 is 1.10 bits per heavy atom. The summed E-state index contributed by atoms with van der Waals surface area (Å²) in [4.78, 5) is 11.3. The fourth-order valence-electron chi connectivity index (χ4n) is 2.06. The molecule has 0 spiro atoms. The number of carboxylic acid groups (broad SMARTS) is 1. The molecular formula is C17H19NO2. The highest BCUT2D eigenvalue weighted by Gasteiger charge is 2.16. The number of rotatable bonds is 6. The van der Waals surface area contributed by atoms with Crippen molar-refractivity contribution in [3.63, 3.8) is 0 Å². The number of carboxylic acids is 1. The van der Waals surface area contributed by atoms with E-state index in [1.165, 1.54) is 0 Å². The van der Waals surface area contributed by atoms with Crippen LogP contribution in [0.15, 0.2) is 54.6 Å². The third-order valence-electron chi connectivity index (χ3n) is 3.26. The standard InChI is InChI=1S/C17H19NO2/c1-13-7-10-15(11-8-13)18-16(17(19)20)12-9-14-5-3-2-4-6-14/h2-8,10-11,16,18H,9,12H2,1H3,(H,19,20). The van der Waals surface area contributed by atoms with Crippen LogP contribution in [0.2, 0.25) is 0 Å². The lowest BCUT2D eigenvalue weighted by Crippen LogP contribution is -2.29. The highest BCUT2D eigenvalue weighted by atomic mass is 16.4. The van der Waals surface area contributed by atoms with E-state index in [2.05, 4.69) is 5.32 Å². The van der Waals surface area contributed by atoms with Crippen molar-refractivity contribution in [3.8, 4) is 0 Å². The zero-order chi connectivity index (χ0) is 14.4. The summed E-state index contributed by atoms with van der Waals surface area (Å²) >= 11 is 0. The number of carbonyl (C=O) groups is 1. The summed E-state index contributed by atoms with van der Waals surface area (Å²) < 4.78 is 0. The number of aryl methyl sites for hydroxylation is 2. The van der Waals surface area contributed by atoms with Crippen LogP contribution >= 0.6 is 0 Å². The zero-order valence-electron chi connectivity index (χ0n) is 11.5. The molecule has 0 aliphatic carbocycles. The van der Waals surface area contributed by atoms with Gasteiger partial charge in [-0.25, -0.2) is 4.79 Å². The van der Waals surface area contributed by atoms with Crippen LogP contribution in [0.25, 0.3) is 0 Å². The fraction of sp³-hybridized carbons (Fsp3) is 0.235. The second kappa shape index (κ2) is 6.75. The molecule has 0 saturated heterocycles. The maximum Gasteiger partial charge on any atom is 0.326 e. The quantitative estimate of drug-likeness (QED) is 0.844. The van der Waals surface area contributed by atoms with Gasteiger partial charge in [-0.1, -0.05) is 48.0 Å². The molecular weight excluding hydrogens is 250 g/mol. The van der Waals surface area contributed by atoms with E-state index >= 15 is 0 Å². The Balaban J connectivity index is 1.97. The Morgan fingerprint density at radius 3 is 2.35 bits per heavy atom. The minimum atomic E-state index is -0.818. The fourth-order valence-corrected chi connectivity index (χ4v) is 2.06. The van der Waals surface area contributed by atoms with Gasteiger partial charge in [0.2, 0.25) is 0 Å². The van der Waals surface area contributed by atoms with Crippen LogP contribution in [-0.4, -0.2) is 17.1 Å². The summed E-state index contributed by atoms with van der Waals surface area (Å²) in [6, 6.07) is 17.1. The average Bonchev–Trinajstić information content (AvgIpc) is 2.46. The predicted molar refractivity (Wildman–Crippen MR) is 81.0 cm³/mol. The van der Waals surface area contributed by atoms with E-state index in [4.69, 9.17) is 0 Å². The van der Waals surface area contributed by atoms with Crippen molar-refractivity contribution in [1.82, 2.24) is 0 Å². The maximum absolute atomic E-state index is 11.3. The molecule has 2 N–H and O–H groups in total. The van der Waals surface area contributed by atoms with Gasteiger partial charge < -0.3 is 10.4 Å². The highest BCUT2D eigenvalue weighted by Crippen LogP contribution is 2.13.